The number of hydrogen-bond donors (Lipinski definition) is 2. The molecule has 1 aromatic heterocycles. The van der Waals surface area contributed by atoms with E-state index in [0.29, 0.717) is 31.7 Å². The van der Waals surface area contributed by atoms with Crippen molar-refractivity contribution in [2.75, 3.05) is 45.3 Å². The molecule has 0 amide bonds. The minimum atomic E-state index is 0.485. The van der Waals surface area contributed by atoms with Crippen molar-refractivity contribution in [2.45, 2.75) is 32.7 Å². The normalized spacial score (nSPS) is 10.9. The Balaban J connectivity index is 1.99. The third kappa shape index (κ3) is 8.08. The summed E-state index contributed by atoms with van der Waals surface area (Å²) in [7, 11) is 1.67. The maximum absolute atomic E-state index is 5.45. The molecule has 0 aliphatic carbocycles. The van der Waals surface area contributed by atoms with Gasteiger partial charge in [-0.3, -0.25) is 0 Å². The van der Waals surface area contributed by atoms with E-state index in [0.717, 1.165) is 39.0 Å². The summed E-state index contributed by atoms with van der Waals surface area (Å²) in [5, 5.41) is 14.2. The molecule has 0 spiro atoms. The Morgan fingerprint density at radius 2 is 2.00 bits per heavy atom. The number of ether oxygens (including phenoxy) is 2. The lowest BCUT2D eigenvalue weighted by atomic mass is 10.3. The number of aromatic nitrogens is 2. The summed E-state index contributed by atoms with van der Waals surface area (Å²) in [6, 6.07) is 0.485. The number of anilines is 1. The number of rotatable bonds is 13. The fraction of sp³-hybridized carbons (Fsp3) is 0.846. The molecule has 2 N–H and O–H groups in total. The smallest absolute Gasteiger partial charge is 0.315 e. The van der Waals surface area contributed by atoms with E-state index in [-0.39, 0.29) is 0 Å². The second kappa shape index (κ2) is 11.6. The average Bonchev–Trinajstić information content (AvgIpc) is 2.90. The van der Waals surface area contributed by atoms with Crippen LogP contribution in [0.2, 0.25) is 0 Å². The molecule has 0 saturated carbocycles. The highest BCUT2D eigenvalue weighted by Gasteiger charge is 2.04. The van der Waals surface area contributed by atoms with E-state index in [1.54, 1.807) is 7.11 Å². The molecule has 7 nitrogen and oxygen atoms in total. The van der Waals surface area contributed by atoms with Crippen LogP contribution < -0.4 is 10.6 Å². The Morgan fingerprint density at radius 1 is 1.10 bits per heavy atom. The SMILES string of the molecule is CCCNCc1nnc(NCCCCOCCOC)o1. The van der Waals surface area contributed by atoms with Crippen molar-refractivity contribution in [1.82, 2.24) is 15.5 Å². The highest BCUT2D eigenvalue weighted by Crippen LogP contribution is 2.05. The van der Waals surface area contributed by atoms with Gasteiger partial charge < -0.3 is 24.5 Å². The average molecular weight is 286 g/mol. The van der Waals surface area contributed by atoms with E-state index < -0.39 is 0 Å². The number of nitrogens with one attached hydrogen (secondary N) is 2. The predicted molar refractivity (Wildman–Crippen MR) is 76.7 cm³/mol. The third-order valence-electron chi connectivity index (χ3n) is 2.59. The molecule has 0 aliphatic rings. The standard InChI is InChI=1S/C13H26N4O3/c1-3-6-14-11-12-16-17-13(20-12)15-7-4-5-8-19-10-9-18-2/h14H,3-11H2,1-2H3,(H,15,17). The Labute approximate surface area is 120 Å². The first-order valence-electron chi connectivity index (χ1n) is 7.20. The van der Waals surface area contributed by atoms with Crippen molar-refractivity contribution in [3.05, 3.63) is 5.89 Å². The van der Waals surface area contributed by atoms with E-state index in [9.17, 15) is 0 Å². The molecule has 20 heavy (non-hydrogen) atoms. The minimum Gasteiger partial charge on any atom is -0.407 e. The predicted octanol–water partition coefficient (Wildman–Crippen LogP) is 1.42. The van der Waals surface area contributed by atoms with Gasteiger partial charge in [0.15, 0.2) is 0 Å². The number of hydrogen-bond acceptors (Lipinski definition) is 7. The zero-order chi connectivity index (χ0) is 14.5. The number of methoxy groups -OCH3 is 1. The molecular weight excluding hydrogens is 260 g/mol. The van der Waals surface area contributed by atoms with Gasteiger partial charge in [0.1, 0.15) is 0 Å². The summed E-state index contributed by atoms with van der Waals surface area (Å²) in [5.41, 5.74) is 0. The highest BCUT2D eigenvalue weighted by molar-refractivity contribution is 5.16. The van der Waals surface area contributed by atoms with E-state index in [1.807, 2.05) is 0 Å². The topological polar surface area (TPSA) is 81.4 Å². The molecule has 116 valence electrons. The third-order valence-corrected chi connectivity index (χ3v) is 2.59. The molecule has 7 heteroatoms. The van der Waals surface area contributed by atoms with Gasteiger partial charge in [0.05, 0.1) is 19.8 Å². The maximum Gasteiger partial charge on any atom is 0.315 e. The molecule has 0 saturated heterocycles. The maximum atomic E-state index is 5.45. The first kappa shape index (κ1) is 16.9. The lowest BCUT2D eigenvalue weighted by molar-refractivity contribution is 0.0691. The molecule has 0 bridgehead atoms. The molecule has 1 aromatic rings. The van der Waals surface area contributed by atoms with Crippen molar-refractivity contribution < 1.29 is 13.9 Å². The second-order valence-corrected chi connectivity index (χ2v) is 4.42. The van der Waals surface area contributed by atoms with Gasteiger partial charge in [0.2, 0.25) is 5.89 Å². The molecule has 0 unspecified atom stereocenters. The lowest BCUT2D eigenvalue weighted by Crippen LogP contribution is -2.13. The van der Waals surface area contributed by atoms with Crippen LogP contribution in [0.25, 0.3) is 0 Å². The van der Waals surface area contributed by atoms with Gasteiger partial charge in [-0.15, -0.1) is 5.10 Å². The van der Waals surface area contributed by atoms with Crippen molar-refractivity contribution in [3.8, 4) is 0 Å². The van der Waals surface area contributed by atoms with Crippen molar-refractivity contribution >= 4 is 6.01 Å². The van der Waals surface area contributed by atoms with Crippen LogP contribution >= 0.6 is 0 Å². The molecule has 0 aliphatic heterocycles. The molecule has 0 radical (unpaired) electrons. The van der Waals surface area contributed by atoms with E-state index in [4.69, 9.17) is 13.9 Å². The zero-order valence-corrected chi connectivity index (χ0v) is 12.5. The van der Waals surface area contributed by atoms with Gasteiger partial charge in [-0.2, -0.15) is 0 Å². The first-order chi connectivity index (χ1) is 9.86. The van der Waals surface area contributed by atoms with Crippen molar-refractivity contribution in [1.29, 1.82) is 0 Å². The van der Waals surface area contributed by atoms with Crippen LogP contribution in [-0.2, 0) is 16.0 Å². The molecule has 0 aromatic carbocycles. The van der Waals surface area contributed by atoms with Gasteiger partial charge >= 0.3 is 6.01 Å². The zero-order valence-electron chi connectivity index (χ0n) is 12.5. The van der Waals surface area contributed by atoms with Crippen LogP contribution in [0.4, 0.5) is 6.01 Å². The fourth-order valence-corrected chi connectivity index (χ4v) is 1.54. The summed E-state index contributed by atoms with van der Waals surface area (Å²) in [6.07, 6.45) is 3.08. The van der Waals surface area contributed by atoms with Crippen LogP contribution in [0.1, 0.15) is 32.1 Å². The Kier molecular flexibility index (Phi) is 9.81. The summed E-state index contributed by atoms with van der Waals surface area (Å²) in [4.78, 5) is 0. The number of nitrogens with zero attached hydrogens (tertiary/aromatic N) is 2. The van der Waals surface area contributed by atoms with Crippen LogP contribution in [0.3, 0.4) is 0 Å². The summed E-state index contributed by atoms with van der Waals surface area (Å²) in [6.45, 7) is 6.55. The van der Waals surface area contributed by atoms with Gasteiger partial charge in [0.25, 0.3) is 0 Å². The minimum absolute atomic E-state index is 0.485. The van der Waals surface area contributed by atoms with Crippen LogP contribution in [0.15, 0.2) is 4.42 Å². The van der Waals surface area contributed by atoms with E-state index in [2.05, 4.69) is 27.8 Å². The molecule has 1 rings (SSSR count). The molecule has 0 fully saturated rings. The van der Waals surface area contributed by atoms with E-state index in [1.165, 1.54) is 0 Å². The van der Waals surface area contributed by atoms with Gasteiger partial charge in [-0.05, 0) is 25.8 Å². The fourth-order valence-electron chi connectivity index (χ4n) is 1.54. The Morgan fingerprint density at radius 3 is 2.80 bits per heavy atom. The van der Waals surface area contributed by atoms with E-state index >= 15 is 0 Å². The number of unbranched alkanes of at least 4 members (excludes halogenated alkanes) is 1. The van der Waals surface area contributed by atoms with Gasteiger partial charge in [-0.25, -0.2) is 0 Å². The quantitative estimate of drug-likeness (QED) is 0.531. The molecule has 0 atom stereocenters. The van der Waals surface area contributed by atoms with Crippen LogP contribution in [-0.4, -0.2) is 50.2 Å². The monoisotopic (exact) mass is 286 g/mol. The van der Waals surface area contributed by atoms with Crippen molar-refractivity contribution in [2.24, 2.45) is 0 Å². The largest absolute Gasteiger partial charge is 0.407 e. The summed E-state index contributed by atoms with van der Waals surface area (Å²) < 4.78 is 15.7. The highest BCUT2D eigenvalue weighted by atomic mass is 16.5. The molecular formula is C13H26N4O3. The van der Waals surface area contributed by atoms with Crippen LogP contribution in [0.5, 0.6) is 0 Å². The second-order valence-electron chi connectivity index (χ2n) is 4.42. The Hall–Kier alpha value is -1.18. The summed E-state index contributed by atoms with van der Waals surface area (Å²) >= 11 is 0. The summed E-state index contributed by atoms with van der Waals surface area (Å²) in [5.74, 6) is 0.615. The van der Waals surface area contributed by atoms with Gasteiger partial charge in [-0.1, -0.05) is 12.0 Å². The lowest BCUT2D eigenvalue weighted by Gasteiger charge is -2.03. The molecule has 1 heterocycles. The van der Waals surface area contributed by atoms with Crippen LogP contribution in [0, 0.1) is 0 Å². The van der Waals surface area contributed by atoms with Crippen molar-refractivity contribution in [3.63, 3.8) is 0 Å². The first-order valence-corrected chi connectivity index (χ1v) is 7.20. The van der Waals surface area contributed by atoms with Gasteiger partial charge in [0, 0.05) is 20.3 Å². The Bertz CT molecular complexity index is 333.